The molecule has 0 aliphatic carbocycles. The van der Waals surface area contributed by atoms with Gasteiger partial charge < -0.3 is 10.9 Å². The average molecular weight is 234 g/mol. The molecule has 7 heteroatoms. The highest BCUT2D eigenvalue weighted by Crippen LogP contribution is 2.11. The Morgan fingerprint density at radius 1 is 1.59 bits per heavy atom. The highest BCUT2D eigenvalue weighted by molar-refractivity contribution is 5.96. The lowest BCUT2D eigenvalue weighted by Gasteiger charge is -2.09. The molecule has 0 spiro atoms. The van der Waals surface area contributed by atoms with Crippen LogP contribution in [0.2, 0.25) is 0 Å². The Balaban J connectivity index is 2.46. The average Bonchev–Trinajstić information content (AvgIpc) is 2.95. The number of nitrogens with zero attached hydrogens (tertiary/aromatic N) is 5. The summed E-state index contributed by atoms with van der Waals surface area (Å²) in [6.07, 6.45) is 4.42. The van der Waals surface area contributed by atoms with Crippen molar-refractivity contribution >= 4 is 5.84 Å². The smallest absolute Gasteiger partial charge is 0.187 e. The maximum atomic E-state index is 8.71. The second-order valence-electron chi connectivity index (χ2n) is 3.56. The van der Waals surface area contributed by atoms with Crippen molar-refractivity contribution in [2.24, 2.45) is 10.9 Å². The minimum Gasteiger partial charge on any atom is -0.409 e. The van der Waals surface area contributed by atoms with Crippen LogP contribution in [0.5, 0.6) is 0 Å². The normalized spacial score (nSPS) is 11.9. The summed E-state index contributed by atoms with van der Waals surface area (Å²) in [5.41, 5.74) is 6.20. The zero-order valence-electron chi connectivity index (χ0n) is 9.48. The Morgan fingerprint density at radius 2 is 2.41 bits per heavy atom. The molecule has 0 aliphatic heterocycles. The SMILES string of the molecule is CCCn1nncc1-n1cccc1/C(N)=N/O. The van der Waals surface area contributed by atoms with E-state index in [0.717, 1.165) is 18.8 Å². The van der Waals surface area contributed by atoms with Gasteiger partial charge in [-0.25, -0.2) is 4.68 Å². The van der Waals surface area contributed by atoms with Crippen LogP contribution in [0.4, 0.5) is 0 Å². The third-order valence-electron chi connectivity index (χ3n) is 2.40. The van der Waals surface area contributed by atoms with E-state index in [2.05, 4.69) is 22.4 Å². The summed E-state index contributed by atoms with van der Waals surface area (Å²) in [5.74, 6) is 0.845. The van der Waals surface area contributed by atoms with Crippen LogP contribution in [0, 0.1) is 0 Å². The Labute approximate surface area is 98.1 Å². The number of amidine groups is 1. The van der Waals surface area contributed by atoms with Gasteiger partial charge in [-0.2, -0.15) is 0 Å². The molecular weight excluding hydrogens is 220 g/mol. The fourth-order valence-corrected chi connectivity index (χ4v) is 1.65. The monoisotopic (exact) mass is 234 g/mol. The van der Waals surface area contributed by atoms with Crippen LogP contribution >= 0.6 is 0 Å². The highest BCUT2D eigenvalue weighted by atomic mass is 16.4. The topological polar surface area (TPSA) is 94.2 Å². The van der Waals surface area contributed by atoms with E-state index in [1.54, 1.807) is 21.5 Å². The summed E-state index contributed by atoms with van der Waals surface area (Å²) < 4.78 is 3.55. The molecule has 2 heterocycles. The molecule has 0 atom stereocenters. The molecule has 0 fully saturated rings. The van der Waals surface area contributed by atoms with Gasteiger partial charge in [0.2, 0.25) is 0 Å². The summed E-state index contributed by atoms with van der Waals surface area (Å²) in [5, 5.41) is 19.6. The summed E-state index contributed by atoms with van der Waals surface area (Å²) in [6.45, 7) is 2.83. The third kappa shape index (κ3) is 1.99. The highest BCUT2D eigenvalue weighted by Gasteiger charge is 2.11. The van der Waals surface area contributed by atoms with Gasteiger partial charge in [0.1, 0.15) is 0 Å². The van der Waals surface area contributed by atoms with E-state index in [0.29, 0.717) is 5.69 Å². The number of aromatic nitrogens is 4. The van der Waals surface area contributed by atoms with Crippen LogP contribution in [0.25, 0.3) is 5.82 Å². The van der Waals surface area contributed by atoms with E-state index in [9.17, 15) is 0 Å². The van der Waals surface area contributed by atoms with Crippen molar-refractivity contribution in [1.29, 1.82) is 0 Å². The van der Waals surface area contributed by atoms with Crippen LogP contribution < -0.4 is 5.73 Å². The third-order valence-corrected chi connectivity index (χ3v) is 2.40. The van der Waals surface area contributed by atoms with Crippen molar-refractivity contribution < 1.29 is 5.21 Å². The number of oxime groups is 1. The van der Waals surface area contributed by atoms with Crippen molar-refractivity contribution in [3.8, 4) is 5.82 Å². The molecule has 0 saturated heterocycles. The molecular formula is C10H14N6O. The number of aryl methyl sites for hydroxylation is 1. The predicted molar refractivity (Wildman–Crippen MR) is 62.2 cm³/mol. The number of rotatable bonds is 4. The van der Waals surface area contributed by atoms with Gasteiger partial charge in [0.25, 0.3) is 0 Å². The van der Waals surface area contributed by atoms with E-state index < -0.39 is 0 Å². The Kier molecular flexibility index (Phi) is 3.08. The summed E-state index contributed by atoms with van der Waals surface area (Å²) >= 11 is 0. The van der Waals surface area contributed by atoms with E-state index in [-0.39, 0.29) is 5.84 Å². The first kappa shape index (κ1) is 11.2. The van der Waals surface area contributed by atoms with Gasteiger partial charge in [0.15, 0.2) is 11.7 Å². The van der Waals surface area contributed by atoms with Crippen LogP contribution in [0.3, 0.4) is 0 Å². The standard InChI is InChI=1S/C10H14N6O/c1-2-5-16-9(7-12-14-16)15-6-3-4-8(15)10(11)13-17/h3-4,6-7,17H,2,5H2,1H3,(H2,11,13). The van der Waals surface area contributed by atoms with E-state index in [1.807, 2.05) is 12.3 Å². The van der Waals surface area contributed by atoms with E-state index in [4.69, 9.17) is 10.9 Å². The van der Waals surface area contributed by atoms with E-state index in [1.165, 1.54) is 0 Å². The Hall–Kier alpha value is -2.31. The van der Waals surface area contributed by atoms with Gasteiger partial charge in [0.05, 0.1) is 11.9 Å². The molecule has 90 valence electrons. The van der Waals surface area contributed by atoms with Gasteiger partial charge >= 0.3 is 0 Å². The fraction of sp³-hybridized carbons (Fsp3) is 0.300. The van der Waals surface area contributed by atoms with Gasteiger partial charge in [0, 0.05) is 12.7 Å². The first-order chi connectivity index (χ1) is 8.27. The quantitative estimate of drug-likeness (QED) is 0.350. The zero-order valence-corrected chi connectivity index (χ0v) is 9.48. The molecule has 7 nitrogen and oxygen atoms in total. The van der Waals surface area contributed by atoms with Gasteiger partial charge in [-0.1, -0.05) is 17.3 Å². The van der Waals surface area contributed by atoms with E-state index >= 15 is 0 Å². The van der Waals surface area contributed by atoms with Crippen molar-refractivity contribution in [2.75, 3.05) is 0 Å². The second-order valence-corrected chi connectivity index (χ2v) is 3.56. The minimum absolute atomic E-state index is 0.0549. The molecule has 0 unspecified atom stereocenters. The lowest BCUT2D eigenvalue weighted by atomic mass is 10.4. The minimum atomic E-state index is 0.0549. The lowest BCUT2D eigenvalue weighted by Crippen LogP contribution is -2.19. The van der Waals surface area contributed by atoms with Crippen molar-refractivity contribution in [3.05, 3.63) is 30.2 Å². The largest absolute Gasteiger partial charge is 0.409 e. The second kappa shape index (κ2) is 4.69. The van der Waals surface area contributed by atoms with Crippen LogP contribution in [0.15, 0.2) is 29.7 Å². The fourth-order valence-electron chi connectivity index (χ4n) is 1.65. The number of hydrogen-bond donors (Lipinski definition) is 2. The first-order valence-corrected chi connectivity index (χ1v) is 5.32. The Bertz CT molecular complexity index is 526. The van der Waals surface area contributed by atoms with Crippen LogP contribution in [-0.2, 0) is 6.54 Å². The molecule has 0 aromatic carbocycles. The molecule has 0 amide bonds. The molecule has 0 radical (unpaired) electrons. The predicted octanol–water partition coefficient (Wildman–Crippen LogP) is 0.573. The maximum absolute atomic E-state index is 8.71. The van der Waals surface area contributed by atoms with Crippen LogP contribution in [-0.4, -0.2) is 30.6 Å². The summed E-state index contributed by atoms with van der Waals surface area (Å²) in [6, 6.07) is 3.58. The molecule has 2 aromatic rings. The number of nitrogens with two attached hydrogens (primary N) is 1. The lowest BCUT2D eigenvalue weighted by molar-refractivity contribution is 0.318. The molecule has 2 aromatic heterocycles. The number of hydrogen-bond acceptors (Lipinski definition) is 4. The first-order valence-electron chi connectivity index (χ1n) is 5.32. The molecule has 0 aliphatic rings. The van der Waals surface area contributed by atoms with Gasteiger partial charge in [-0.05, 0) is 18.6 Å². The zero-order chi connectivity index (χ0) is 12.3. The van der Waals surface area contributed by atoms with Crippen molar-refractivity contribution in [3.63, 3.8) is 0 Å². The summed E-state index contributed by atoms with van der Waals surface area (Å²) in [7, 11) is 0. The van der Waals surface area contributed by atoms with Gasteiger partial charge in [-0.3, -0.25) is 4.57 Å². The summed E-state index contributed by atoms with van der Waals surface area (Å²) in [4.78, 5) is 0. The molecule has 0 bridgehead atoms. The molecule has 2 rings (SSSR count). The van der Waals surface area contributed by atoms with Crippen molar-refractivity contribution in [1.82, 2.24) is 19.6 Å². The molecule has 17 heavy (non-hydrogen) atoms. The maximum Gasteiger partial charge on any atom is 0.187 e. The Morgan fingerprint density at radius 3 is 3.12 bits per heavy atom. The van der Waals surface area contributed by atoms with Crippen LogP contribution in [0.1, 0.15) is 19.0 Å². The van der Waals surface area contributed by atoms with Crippen molar-refractivity contribution in [2.45, 2.75) is 19.9 Å². The molecule has 3 N–H and O–H groups in total. The molecule has 0 saturated carbocycles. The van der Waals surface area contributed by atoms with Gasteiger partial charge in [-0.15, -0.1) is 5.10 Å².